The number of piperazine rings is 1. The summed E-state index contributed by atoms with van der Waals surface area (Å²) in [4.78, 5) is 39.7. The molecule has 3 rings (SSSR count). The predicted molar refractivity (Wildman–Crippen MR) is 139 cm³/mol. The fraction of sp³-hybridized carbons (Fsp3) is 0.375. The van der Waals surface area contributed by atoms with Crippen LogP contribution in [0.1, 0.15) is 27.6 Å². The molecule has 2 aromatic rings. The first-order valence-electron chi connectivity index (χ1n) is 11.3. The van der Waals surface area contributed by atoms with Crippen molar-refractivity contribution < 1.29 is 33.5 Å². The van der Waals surface area contributed by atoms with E-state index in [0.717, 1.165) is 0 Å². The van der Waals surface area contributed by atoms with Gasteiger partial charge in [-0.1, -0.05) is 0 Å². The second kappa shape index (κ2) is 12.2. The number of carbonyl (C=O) groups excluding carboxylic acids is 2. The third kappa shape index (κ3) is 6.17. The number of hydrogen-bond acceptors (Lipinski definition) is 10. The molecule has 37 heavy (non-hydrogen) atoms. The van der Waals surface area contributed by atoms with Crippen molar-refractivity contribution in [3.8, 4) is 17.2 Å². The van der Waals surface area contributed by atoms with Gasteiger partial charge in [0.25, 0.3) is 11.6 Å². The van der Waals surface area contributed by atoms with E-state index in [9.17, 15) is 19.7 Å². The van der Waals surface area contributed by atoms with E-state index in [2.05, 4.69) is 5.32 Å². The van der Waals surface area contributed by atoms with Crippen molar-refractivity contribution in [1.82, 2.24) is 10.2 Å². The van der Waals surface area contributed by atoms with Gasteiger partial charge in [0.15, 0.2) is 16.6 Å². The van der Waals surface area contributed by atoms with Gasteiger partial charge in [0, 0.05) is 37.8 Å². The van der Waals surface area contributed by atoms with Crippen LogP contribution >= 0.6 is 12.2 Å². The molecule has 0 bridgehead atoms. The molecule has 2 aromatic carbocycles. The number of hydrogen-bond donors (Lipinski definition) is 1. The van der Waals surface area contributed by atoms with Crippen LogP contribution in [0.15, 0.2) is 30.3 Å². The van der Waals surface area contributed by atoms with Gasteiger partial charge in [-0.3, -0.25) is 20.2 Å². The molecule has 1 aliphatic rings. The van der Waals surface area contributed by atoms with Gasteiger partial charge in [0.1, 0.15) is 5.69 Å². The number of nitro benzene ring substituents is 1. The molecule has 198 valence electrons. The minimum absolute atomic E-state index is 0.117. The number of thiocarbonyl (C=S) groups is 1. The zero-order valence-electron chi connectivity index (χ0n) is 20.9. The molecule has 0 aromatic heterocycles. The Labute approximate surface area is 219 Å². The number of amides is 1. The Balaban J connectivity index is 1.67. The lowest BCUT2D eigenvalue weighted by Crippen LogP contribution is -2.52. The number of esters is 1. The first-order valence-corrected chi connectivity index (χ1v) is 11.8. The van der Waals surface area contributed by atoms with Crippen molar-refractivity contribution in [2.45, 2.75) is 6.92 Å². The molecule has 0 aliphatic carbocycles. The molecule has 0 spiro atoms. The lowest BCUT2D eigenvalue weighted by atomic mass is 10.1. The minimum Gasteiger partial charge on any atom is -0.493 e. The summed E-state index contributed by atoms with van der Waals surface area (Å²) in [5.74, 6) is -0.0270. The van der Waals surface area contributed by atoms with Crippen molar-refractivity contribution in [3.63, 3.8) is 0 Å². The highest BCUT2D eigenvalue weighted by atomic mass is 32.1. The predicted octanol–water partition coefficient (Wildman–Crippen LogP) is 2.63. The van der Waals surface area contributed by atoms with Gasteiger partial charge >= 0.3 is 5.97 Å². The molecule has 1 aliphatic heterocycles. The second-order valence-corrected chi connectivity index (χ2v) is 8.22. The molecule has 1 N–H and O–H groups in total. The average molecular weight is 533 g/mol. The third-order valence-electron chi connectivity index (χ3n) is 5.74. The number of nitro groups is 1. The number of rotatable bonds is 8. The zero-order valence-corrected chi connectivity index (χ0v) is 21.8. The van der Waals surface area contributed by atoms with Gasteiger partial charge in [-0.25, -0.2) is 4.79 Å². The SMILES string of the molecule is CCOC(=O)c1ccc(N2CCN(C(=S)NC(=O)c3cc(OC)c(OC)c(OC)c3)CC2)c([N+](=O)[O-])c1. The molecular weight excluding hydrogens is 504 g/mol. The molecule has 0 radical (unpaired) electrons. The number of methoxy groups -OCH3 is 3. The molecule has 13 heteroatoms. The lowest BCUT2D eigenvalue weighted by molar-refractivity contribution is -0.384. The van der Waals surface area contributed by atoms with E-state index in [4.69, 9.17) is 31.2 Å². The topological polar surface area (TPSA) is 133 Å². The van der Waals surface area contributed by atoms with Crippen molar-refractivity contribution >= 4 is 40.6 Å². The van der Waals surface area contributed by atoms with Crippen LogP contribution in [0.2, 0.25) is 0 Å². The fourth-order valence-electron chi connectivity index (χ4n) is 3.89. The summed E-state index contributed by atoms with van der Waals surface area (Å²) in [5, 5.41) is 14.6. The monoisotopic (exact) mass is 532 g/mol. The van der Waals surface area contributed by atoms with Crippen LogP contribution in [0.3, 0.4) is 0 Å². The standard InChI is InChI=1S/C24H28N4O8S/c1-5-36-23(30)15-6-7-17(18(12-15)28(31)32)26-8-10-27(11-9-26)24(37)25-22(29)16-13-19(33-2)21(35-4)20(14-16)34-3/h6-7,12-14H,5,8-11H2,1-4H3,(H,25,29,37). The number of anilines is 1. The molecule has 1 heterocycles. The summed E-state index contributed by atoms with van der Waals surface area (Å²) < 4.78 is 20.8. The molecule has 1 fully saturated rings. The highest BCUT2D eigenvalue weighted by molar-refractivity contribution is 7.80. The third-order valence-corrected chi connectivity index (χ3v) is 6.10. The molecule has 0 saturated carbocycles. The van der Waals surface area contributed by atoms with Crippen LogP contribution in [-0.2, 0) is 4.74 Å². The largest absolute Gasteiger partial charge is 0.493 e. The van der Waals surface area contributed by atoms with Gasteiger partial charge in [-0.05, 0) is 43.4 Å². The van der Waals surface area contributed by atoms with Gasteiger partial charge in [-0.2, -0.15) is 0 Å². The Morgan fingerprint density at radius 1 is 1.00 bits per heavy atom. The number of nitrogens with one attached hydrogen (secondary N) is 1. The van der Waals surface area contributed by atoms with Crippen molar-refractivity contribution in [3.05, 3.63) is 51.6 Å². The molecule has 1 amide bonds. The smallest absolute Gasteiger partial charge is 0.338 e. The van der Waals surface area contributed by atoms with E-state index >= 15 is 0 Å². The number of ether oxygens (including phenoxy) is 4. The van der Waals surface area contributed by atoms with Crippen molar-refractivity contribution in [1.29, 1.82) is 0 Å². The second-order valence-electron chi connectivity index (χ2n) is 7.83. The normalized spacial score (nSPS) is 13.0. The van der Waals surface area contributed by atoms with E-state index in [1.165, 1.54) is 45.6 Å². The average Bonchev–Trinajstić information content (AvgIpc) is 2.91. The van der Waals surface area contributed by atoms with Crippen LogP contribution in [-0.4, -0.2) is 80.9 Å². The maximum Gasteiger partial charge on any atom is 0.338 e. The van der Waals surface area contributed by atoms with E-state index in [1.54, 1.807) is 17.9 Å². The first kappa shape index (κ1) is 27.5. The Hall–Kier alpha value is -4.13. The molecule has 12 nitrogen and oxygen atoms in total. The van der Waals surface area contributed by atoms with E-state index in [-0.39, 0.29) is 28.5 Å². The summed E-state index contributed by atoms with van der Waals surface area (Å²) in [6.07, 6.45) is 0. The Morgan fingerprint density at radius 3 is 2.14 bits per heavy atom. The minimum atomic E-state index is -0.616. The maximum absolute atomic E-state index is 12.9. The summed E-state index contributed by atoms with van der Waals surface area (Å²) in [7, 11) is 4.38. The summed E-state index contributed by atoms with van der Waals surface area (Å²) in [5.41, 5.74) is 0.599. The summed E-state index contributed by atoms with van der Waals surface area (Å²) in [6.45, 7) is 3.51. The van der Waals surface area contributed by atoms with E-state index < -0.39 is 16.8 Å². The molecule has 0 atom stereocenters. The molecule has 0 unspecified atom stereocenters. The lowest BCUT2D eigenvalue weighted by Gasteiger charge is -2.37. The summed E-state index contributed by atoms with van der Waals surface area (Å²) in [6, 6.07) is 7.33. The Morgan fingerprint density at radius 2 is 1.62 bits per heavy atom. The highest BCUT2D eigenvalue weighted by Crippen LogP contribution is 2.38. The van der Waals surface area contributed by atoms with Gasteiger partial charge in [0.2, 0.25) is 5.75 Å². The summed E-state index contributed by atoms with van der Waals surface area (Å²) >= 11 is 5.44. The zero-order chi connectivity index (χ0) is 27.1. The van der Waals surface area contributed by atoms with Crippen LogP contribution in [0.5, 0.6) is 17.2 Å². The van der Waals surface area contributed by atoms with E-state index in [0.29, 0.717) is 49.1 Å². The number of nitrogens with zero attached hydrogens (tertiary/aromatic N) is 3. The van der Waals surface area contributed by atoms with Crippen LogP contribution in [0, 0.1) is 10.1 Å². The number of carbonyl (C=O) groups is 2. The molecule has 1 saturated heterocycles. The maximum atomic E-state index is 12.9. The van der Waals surface area contributed by atoms with Gasteiger partial charge in [-0.15, -0.1) is 0 Å². The van der Waals surface area contributed by atoms with Gasteiger partial charge in [0.05, 0.1) is 38.4 Å². The number of benzene rings is 2. The highest BCUT2D eigenvalue weighted by Gasteiger charge is 2.27. The van der Waals surface area contributed by atoms with Crippen LogP contribution in [0.4, 0.5) is 11.4 Å². The van der Waals surface area contributed by atoms with Crippen LogP contribution < -0.4 is 24.4 Å². The van der Waals surface area contributed by atoms with Crippen molar-refractivity contribution in [2.75, 3.05) is 59.0 Å². The Bertz CT molecular complexity index is 1170. The van der Waals surface area contributed by atoms with E-state index in [1.807, 2.05) is 4.90 Å². The first-order chi connectivity index (χ1) is 17.7. The van der Waals surface area contributed by atoms with Crippen molar-refractivity contribution in [2.24, 2.45) is 0 Å². The Kier molecular flexibility index (Phi) is 9.06. The molecular formula is C24H28N4O8S. The van der Waals surface area contributed by atoms with Gasteiger partial charge < -0.3 is 28.7 Å². The fourth-order valence-corrected chi connectivity index (χ4v) is 4.16. The van der Waals surface area contributed by atoms with Crippen LogP contribution in [0.25, 0.3) is 0 Å². The quantitative estimate of drug-likeness (QED) is 0.233.